The Bertz CT molecular complexity index is 1620. The maximum Gasteiger partial charge on any atom is 0.415 e. The molecule has 3 aromatic rings. The van der Waals surface area contributed by atoms with E-state index in [-0.39, 0.29) is 41.7 Å². The number of halogens is 3. The molecular formula is C32H36F3N7O3S. The third-order valence-electron chi connectivity index (χ3n) is 8.52. The lowest BCUT2D eigenvalue weighted by Gasteiger charge is -2.39. The number of rotatable bonds is 10. The number of ketones is 1. The molecule has 244 valence electrons. The molecule has 0 radical (unpaired) electrons. The summed E-state index contributed by atoms with van der Waals surface area (Å²) in [6.45, 7) is 16.7. The molecule has 2 saturated heterocycles. The first-order valence-corrected chi connectivity index (χ1v) is 16.0. The van der Waals surface area contributed by atoms with Gasteiger partial charge in [-0.1, -0.05) is 13.8 Å². The van der Waals surface area contributed by atoms with Crippen molar-refractivity contribution in [3.8, 4) is 11.3 Å². The number of Topliss-reactive ketones (excluding diaryl/α,β-unsaturated/α-hetero) is 1. The van der Waals surface area contributed by atoms with Crippen molar-refractivity contribution in [2.75, 3.05) is 37.6 Å². The summed E-state index contributed by atoms with van der Waals surface area (Å²) < 4.78 is 41.3. The number of hydrogen-bond donors (Lipinski definition) is 1. The van der Waals surface area contributed by atoms with Gasteiger partial charge in [0.25, 0.3) is 0 Å². The highest BCUT2D eigenvalue weighted by atomic mass is 32.1. The number of carboxylic acids is 1. The molecule has 0 aliphatic carbocycles. The minimum Gasteiger partial charge on any atom is -0.480 e. The van der Waals surface area contributed by atoms with Gasteiger partial charge in [0.2, 0.25) is 0 Å². The van der Waals surface area contributed by atoms with Crippen molar-refractivity contribution in [3.05, 3.63) is 63.2 Å². The van der Waals surface area contributed by atoms with Gasteiger partial charge < -0.3 is 10.0 Å². The largest absolute Gasteiger partial charge is 0.480 e. The summed E-state index contributed by atoms with van der Waals surface area (Å²) in [5.41, 5.74) is -0.339. The molecule has 1 N–H and O–H groups in total. The number of aromatic nitrogens is 3. The van der Waals surface area contributed by atoms with E-state index in [0.717, 1.165) is 36.4 Å². The summed E-state index contributed by atoms with van der Waals surface area (Å²) in [5.74, 6) is -0.206. The number of benzene rings is 1. The molecule has 1 unspecified atom stereocenters. The van der Waals surface area contributed by atoms with Gasteiger partial charge in [-0.2, -0.15) is 13.2 Å². The predicted molar refractivity (Wildman–Crippen MR) is 168 cm³/mol. The number of hydrogen-bond acceptors (Lipinski definition) is 9. The van der Waals surface area contributed by atoms with Crippen LogP contribution < -0.4 is 4.90 Å². The molecule has 0 amide bonds. The Morgan fingerprint density at radius 3 is 2.57 bits per heavy atom. The maximum atomic E-state index is 13.8. The molecule has 0 bridgehead atoms. The lowest BCUT2D eigenvalue weighted by Crippen LogP contribution is -2.53. The standard InChI is InChI=1S/C32H36F3N7O3S/c1-19(2)25-6-5-7-41(25)17-27-31(21-10-22(32(33,34)35)12-23(11-21)36-4)39-29(46-27)13-26(43)24-14-38-28(15-37-24)42-9-8-40(16-20(42)3)18-30(44)45/h10-12,14-15,19-20,25H,5-9,13,16-18H2,1-3H3,(H,44,45)/t20-,25?/m1/s1. The molecule has 46 heavy (non-hydrogen) atoms. The number of piperazine rings is 1. The lowest BCUT2D eigenvalue weighted by atomic mass is 10.0. The van der Waals surface area contributed by atoms with Gasteiger partial charge in [0.05, 0.1) is 37.6 Å². The SMILES string of the molecule is [C-]#[N+]c1cc(-c2nc(CC(=O)c3cnc(N4CCN(CC(=O)O)C[C@H]4C)cn3)sc2CN2CCCC2C(C)C)cc(C(F)(F)F)c1. The maximum absolute atomic E-state index is 13.8. The number of alkyl halides is 3. The van der Waals surface area contributed by atoms with E-state index in [1.807, 2.05) is 16.7 Å². The van der Waals surface area contributed by atoms with Gasteiger partial charge in [0, 0.05) is 48.7 Å². The fraction of sp³-hybridized carbons (Fsp3) is 0.500. The molecule has 5 rings (SSSR count). The number of carboxylic acid groups (broad SMARTS) is 1. The quantitative estimate of drug-likeness (QED) is 0.214. The van der Waals surface area contributed by atoms with Crippen LogP contribution in [0.25, 0.3) is 16.1 Å². The number of anilines is 1. The second-order valence-electron chi connectivity index (χ2n) is 12.2. The van der Waals surface area contributed by atoms with Crippen LogP contribution in [0.3, 0.4) is 0 Å². The number of nitrogens with zero attached hydrogens (tertiary/aromatic N) is 7. The average molecular weight is 656 g/mol. The minimum atomic E-state index is -4.63. The zero-order chi connectivity index (χ0) is 33.2. The number of aliphatic carboxylic acids is 1. The van der Waals surface area contributed by atoms with Gasteiger partial charge in [0.1, 0.15) is 16.5 Å². The number of thiazole rings is 1. The van der Waals surface area contributed by atoms with Crippen LogP contribution in [0.15, 0.2) is 30.6 Å². The van der Waals surface area contributed by atoms with Crippen molar-refractivity contribution < 1.29 is 27.9 Å². The summed E-state index contributed by atoms with van der Waals surface area (Å²) in [6.07, 6.45) is 0.279. The summed E-state index contributed by atoms with van der Waals surface area (Å²) >= 11 is 1.30. The Kier molecular flexibility index (Phi) is 10.0. The molecule has 0 spiro atoms. The van der Waals surface area contributed by atoms with E-state index < -0.39 is 17.7 Å². The average Bonchev–Trinajstić information content (AvgIpc) is 3.63. The highest BCUT2D eigenvalue weighted by molar-refractivity contribution is 7.12. The highest BCUT2D eigenvalue weighted by Crippen LogP contribution is 2.39. The summed E-state index contributed by atoms with van der Waals surface area (Å²) in [6, 6.07) is 3.61. The molecule has 14 heteroatoms. The molecular weight excluding hydrogens is 619 g/mol. The molecule has 0 saturated carbocycles. The normalized spacial score (nSPS) is 19.5. The van der Waals surface area contributed by atoms with Crippen LogP contribution in [-0.4, -0.2) is 86.4 Å². The first-order chi connectivity index (χ1) is 21.8. The van der Waals surface area contributed by atoms with Crippen molar-refractivity contribution in [3.63, 3.8) is 0 Å². The van der Waals surface area contributed by atoms with Crippen LogP contribution >= 0.6 is 11.3 Å². The second-order valence-corrected chi connectivity index (χ2v) is 13.4. The Labute approximate surface area is 269 Å². The van der Waals surface area contributed by atoms with Crippen molar-refractivity contribution in [2.45, 2.75) is 64.8 Å². The molecule has 10 nitrogen and oxygen atoms in total. The number of likely N-dealkylation sites (tertiary alicyclic amines) is 1. The van der Waals surface area contributed by atoms with Crippen LogP contribution in [0.2, 0.25) is 0 Å². The van der Waals surface area contributed by atoms with E-state index in [0.29, 0.717) is 54.7 Å². The molecule has 4 heterocycles. The first-order valence-electron chi connectivity index (χ1n) is 15.2. The van der Waals surface area contributed by atoms with Crippen LogP contribution in [0.5, 0.6) is 0 Å². The Hall–Kier alpha value is -3.93. The Morgan fingerprint density at radius 2 is 1.93 bits per heavy atom. The Morgan fingerprint density at radius 1 is 1.15 bits per heavy atom. The van der Waals surface area contributed by atoms with Crippen LogP contribution in [0.4, 0.5) is 24.7 Å². The van der Waals surface area contributed by atoms with Gasteiger partial charge in [0.15, 0.2) is 11.5 Å². The van der Waals surface area contributed by atoms with E-state index >= 15 is 0 Å². The zero-order valence-corrected chi connectivity index (χ0v) is 26.7. The highest BCUT2D eigenvalue weighted by Gasteiger charge is 2.33. The van der Waals surface area contributed by atoms with Crippen molar-refractivity contribution in [1.82, 2.24) is 24.8 Å². The number of carbonyl (C=O) groups is 2. The van der Waals surface area contributed by atoms with Gasteiger partial charge in [-0.05, 0) is 56.0 Å². The first kappa shape index (κ1) is 33.4. The van der Waals surface area contributed by atoms with Crippen LogP contribution in [-0.2, 0) is 23.9 Å². The van der Waals surface area contributed by atoms with Crippen LogP contribution in [0.1, 0.15) is 59.5 Å². The molecule has 2 aliphatic heterocycles. The van der Waals surface area contributed by atoms with Crippen molar-refractivity contribution >= 4 is 34.6 Å². The topological polar surface area (TPSA) is 107 Å². The monoisotopic (exact) mass is 655 g/mol. The summed E-state index contributed by atoms with van der Waals surface area (Å²) in [7, 11) is 0. The van der Waals surface area contributed by atoms with Crippen molar-refractivity contribution in [2.24, 2.45) is 5.92 Å². The smallest absolute Gasteiger partial charge is 0.415 e. The Balaban J connectivity index is 1.38. The summed E-state index contributed by atoms with van der Waals surface area (Å²) in [5, 5.41) is 9.54. The molecule has 2 aliphatic rings. The fourth-order valence-corrected chi connectivity index (χ4v) is 7.44. The van der Waals surface area contributed by atoms with Gasteiger partial charge >= 0.3 is 12.1 Å². The predicted octanol–water partition coefficient (Wildman–Crippen LogP) is 5.81. The van der Waals surface area contributed by atoms with Crippen molar-refractivity contribution in [1.29, 1.82) is 0 Å². The van der Waals surface area contributed by atoms with Crippen LogP contribution in [0, 0.1) is 12.5 Å². The third kappa shape index (κ3) is 7.71. The van der Waals surface area contributed by atoms with E-state index in [1.165, 1.54) is 29.8 Å². The fourth-order valence-electron chi connectivity index (χ4n) is 6.32. The molecule has 2 atom stereocenters. The van der Waals surface area contributed by atoms with E-state index in [9.17, 15) is 22.8 Å². The number of carbonyl (C=O) groups excluding carboxylic acids is 1. The molecule has 2 aromatic heterocycles. The molecule has 2 fully saturated rings. The summed E-state index contributed by atoms with van der Waals surface area (Å²) in [4.78, 5) is 48.1. The van der Waals surface area contributed by atoms with E-state index in [2.05, 4.69) is 38.5 Å². The van der Waals surface area contributed by atoms with Gasteiger partial charge in [-0.3, -0.25) is 19.4 Å². The molecule has 1 aromatic carbocycles. The van der Waals surface area contributed by atoms with E-state index in [4.69, 9.17) is 11.7 Å². The zero-order valence-electron chi connectivity index (χ0n) is 25.9. The second kappa shape index (κ2) is 13.8. The lowest BCUT2D eigenvalue weighted by molar-refractivity contribution is -0.139. The van der Waals surface area contributed by atoms with Gasteiger partial charge in [-0.15, -0.1) is 11.3 Å². The third-order valence-corrected chi connectivity index (χ3v) is 9.56. The van der Waals surface area contributed by atoms with E-state index in [1.54, 1.807) is 0 Å². The minimum absolute atomic E-state index is 0.00114. The van der Waals surface area contributed by atoms with Gasteiger partial charge in [-0.25, -0.2) is 19.8 Å².